The molecule has 1 rings (SSSR count). The summed E-state index contributed by atoms with van der Waals surface area (Å²) in [5.41, 5.74) is -0.417. The molecular weight excluding hydrogens is 190 g/mol. The average molecular weight is 205 g/mol. The van der Waals surface area contributed by atoms with Crippen LogP contribution in [0, 0.1) is 0 Å². The molecule has 0 spiro atoms. The fraction of sp³-hybridized carbons (Fsp3) is 0.875. The summed E-state index contributed by atoms with van der Waals surface area (Å²) in [5, 5.41) is 11.1. The Balaban J connectivity index is 3.08. The normalized spacial score (nSPS) is 34.9. The smallest absolute Gasteiger partial charge is 0.272 e. The third-order valence-electron chi connectivity index (χ3n) is 2.37. The van der Waals surface area contributed by atoms with Crippen molar-refractivity contribution >= 4 is 18.3 Å². The van der Waals surface area contributed by atoms with E-state index in [9.17, 15) is 9.90 Å². The maximum atomic E-state index is 11.1. The van der Waals surface area contributed by atoms with Crippen LogP contribution in [0.1, 0.15) is 27.7 Å². The minimum absolute atomic E-state index is 0.0741. The minimum atomic E-state index is -1.08. The van der Waals surface area contributed by atoms with E-state index in [0.717, 1.165) is 12.2 Å². The summed E-state index contributed by atoms with van der Waals surface area (Å²) in [7, 11) is 0. The van der Waals surface area contributed by atoms with Gasteiger partial charge in [-0.25, -0.2) is 0 Å². The molecule has 76 valence electrons. The molecule has 0 aromatic carbocycles. The molecule has 0 saturated carbocycles. The molecule has 1 fully saturated rings. The minimum Gasteiger partial charge on any atom is -0.497 e. The van der Waals surface area contributed by atoms with Gasteiger partial charge in [0.25, 0.3) is 18.3 Å². The van der Waals surface area contributed by atoms with Crippen molar-refractivity contribution in [3.63, 3.8) is 0 Å². The van der Waals surface area contributed by atoms with Gasteiger partial charge in [0.05, 0.1) is 0 Å². The van der Waals surface area contributed by atoms with E-state index in [4.69, 9.17) is 4.18 Å². The van der Waals surface area contributed by atoms with Crippen molar-refractivity contribution in [2.45, 2.75) is 39.3 Å². The number of quaternary nitrogens is 1. The zero-order valence-electron chi connectivity index (χ0n) is 8.36. The molecule has 0 aromatic heterocycles. The highest BCUT2D eigenvalue weighted by Gasteiger charge is 2.54. The fourth-order valence-corrected chi connectivity index (χ4v) is 2.56. The molecule has 0 aromatic rings. The highest BCUT2D eigenvalue weighted by molar-refractivity contribution is 7.89. The average Bonchev–Trinajstić information content (AvgIpc) is 2.29. The van der Waals surface area contributed by atoms with E-state index in [1.807, 2.05) is 27.7 Å². The van der Waals surface area contributed by atoms with Crippen molar-refractivity contribution in [1.29, 1.82) is 0 Å². The van der Waals surface area contributed by atoms with Crippen molar-refractivity contribution in [3.8, 4) is 0 Å². The van der Waals surface area contributed by atoms with E-state index in [-0.39, 0.29) is 9.93 Å². The van der Waals surface area contributed by atoms with Crippen molar-refractivity contribution in [1.82, 2.24) is 0 Å². The van der Waals surface area contributed by atoms with E-state index >= 15 is 0 Å². The van der Waals surface area contributed by atoms with Gasteiger partial charge in [-0.2, -0.15) is 3.89 Å². The van der Waals surface area contributed by atoms with Crippen LogP contribution in [0.5, 0.6) is 0 Å². The van der Waals surface area contributed by atoms with Gasteiger partial charge in [0.2, 0.25) is 0 Å². The van der Waals surface area contributed by atoms with E-state index in [0.29, 0.717) is 6.61 Å². The van der Waals surface area contributed by atoms with Crippen molar-refractivity contribution in [3.05, 3.63) is 0 Å². The predicted molar refractivity (Wildman–Crippen MR) is 48.4 cm³/mol. The van der Waals surface area contributed by atoms with Gasteiger partial charge in [-0.15, -0.1) is 0 Å². The van der Waals surface area contributed by atoms with Crippen molar-refractivity contribution in [2.24, 2.45) is 0 Å². The second-order valence-electron chi connectivity index (χ2n) is 4.30. The van der Waals surface area contributed by atoms with Gasteiger partial charge in [0.1, 0.15) is 18.2 Å². The molecule has 13 heavy (non-hydrogen) atoms. The van der Waals surface area contributed by atoms with Gasteiger partial charge in [-0.3, -0.25) is 4.18 Å². The van der Waals surface area contributed by atoms with Gasteiger partial charge in [0, 0.05) is 0 Å². The number of hydrogen-bond acceptors (Lipinski definition) is 4. The van der Waals surface area contributed by atoms with Crippen LogP contribution in [0.3, 0.4) is 0 Å². The topological polar surface area (TPSA) is 49.4 Å². The van der Waals surface area contributed by atoms with Crippen LogP contribution in [0.2, 0.25) is 0 Å². The Labute approximate surface area is 82.8 Å². The molecule has 4 nitrogen and oxygen atoms in total. The highest BCUT2D eigenvalue weighted by Crippen LogP contribution is 2.43. The molecule has 0 aliphatic carbocycles. The van der Waals surface area contributed by atoms with Gasteiger partial charge >= 0.3 is 0 Å². The summed E-state index contributed by atoms with van der Waals surface area (Å²) in [6, 6.07) is -0.0741. The first-order chi connectivity index (χ1) is 5.82. The Morgan fingerprint density at radius 1 is 1.62 bits per heavy atom. The summed E-state index contributed by atoms with van der Waals surface area (Å²) >= 11 is 0.988. The summed E-state index contributed by atoms with van der Waals surface area (Å²) in [4.78, 5) is 11.1. The van der Waals surface area contributed by atoms with Crippen molar-refractivity contribution in [2.75, 3.05) is 6.61 Å². The number of carboxylic acid groups (broad SMARTS) is 1. The number of amides is 1. The van der Waals surface area contributed by atoms with Crippen LogP contribution in [0.4, 0.5) is 4.79 Å². The molecule has 5 heteroatoms. The molecule has 0 bridgehead atoms. The first-order valence-corrected chi connectivity index (χ1v) is 4.94. The highest BCUT2D eigenvalue weighted by atomic mass is 32.2. The van der Waals surface area contributed by atoms with Crippen LogP contribution in [0.25, 0.3) is 0 Å². The Morgan fingerprint density at radius 3 is 2.31 bits per heavy atom. The first kappa shape index (κ1) is 10.8. The maximum Gasteiger partial charge on any atom is 0.272 e. The quantitative estimate of drug-likeness (QED) is 0.335. The molecule has 1 unspecified atom stereocenters. The lowest BCUT2D eigenvalue weighted by atomic mass is 10.0. The third-order valence-corrected chi connectivity index (χ3v) is 3.90. The lowest BCUT2D eigenvalue weighted by Crippen LogP contribution is -2.65. The van der Waals surface area contributed by atoms with E-state index in [1.54, 1.807) is 0 Å². The third kappa shape index (κ3) is 1.45. The monoisotopic (exact) mass is 205 g/mol. The SMILES string of the molecule is C[C@@H]1COS[N+]1(C(=O)[O-])C(C)(C)C. The van der Waals surface area contributed by atoms with E-state index < -0.39 is 11.6 Å². The summed E-state index contributed by atoms with van der Waals surface area (Å²) in [5.74, 6) is 0. The maximum absolute atomic E-state index is 11.1. The summed E-state index contributed by atoms with van der Waals surface area (Å²) in [6.07, 6.45) is -1.08. The van der Waals surface area contributed by atoms with E-state index in [2.05, 4.69) is 0 Å². The largest absolute Gasteiger partial charge is 0.497 e. The second-order valence-corrected chi connectivity index (χ2v) is 5.26. The van der Waals surface area contributed by atoms with Gasteiger partial charge < -0.3 is 9.90 Å². The predicted octanol–water partition coefficient (Wildman–Crippen LogP) is 0.927. The molecule has 0 radical (unpaired) electrons. The number of hydrogen-bond donors (Lipinski definition) is 0. The molecule has 1 aliphatic heterocycles. The zero-order chi connectivity index (χ0) is 10.3. The Hall–Kier alpha value is -0.260. The Morgan fingerprint density at radius 2 is 2.15 bits per heavy atom. The molecule has 1 aliphatic rings. The van der Waals surface area contributed by atoms with E-state index in [1.165, 1.54) is 0 Å². The number of carbonyl (C=O) groups is 1. The van der Waals surface area contributed by atoms with Crippen LogP contribution < -0.4 is 5.11 Å². The molecular formula is C8H15NO3S. The Kier molecular flexibility index (Phi) is 2.62. The first-order valence-electron chi connectivity index (χ1n) is 4.24. The lowest BCUT2D eigenvalue weighted by molar-refractivity contribution is -0.813. The van der Waals surface area contributed by atoms with Crippen molar-refractivity contribution < 1.29 is 18.0 Å². The molecule has 2 atom stereocenters. The zero-order valence-corrected chi connectivity index (χ0v) is 9.18. The number of nitrogens with zero attached hydrogens (tertiary/aromatic N) is 1. The van der Waals surface area contributed by atoms with Gasteiger partial charge in [0.15, 0.2) is 0 Å². The van der Waals surface area contributed by atoms with Gasteiger partial charge in [-0.05, 0) is 27.7 Å². The Bertz CT molecular complexity index is 226. The van der Waals surface area contributed by atoms with Crippen LogP contribution in [-0.2, 0) is 4.18 Å². The lowest BCUT2D eigenvalue weighted by Gasteiger charge is -2.43. The standard InChI is InChI=1S/C8H15NO3S/c1-6-5-12-13-9(6,7(10)11)8(2,3)4/h6H,5H2,1-4H3/t6-,9?/m1/s1. The fourth-order valence-electron chi connectivity index (χ4n) is 1.65. The summed E-state index contributed by atoms with van der Waals surface area (Å²) in [6.45, 7) is 7.94. The molecule has 0 N–H and O–H groups in total. The second kappa shape index (κ2) is 3.15. The van der Waals surface area contributed by atoms with Crippen LogP contribution in [-0.4, -0.2) is 28.2 Å². The molecule has 1 amide bonds. The molecule has 1 heterocycles. The summed E-state index contributed by atoms with van der Waals surface area (Å²) < 4.78 is 4.94. The number of rotatable bonds is 0. The van der Waals surface area contributed by atoms with Crippen LogP contribution in [0.15, 0.2) is 0 Å². The van der Waals surface area contributed by atoms with Gasteiger partial charge in [-0.1, -0.05) is 0 Å². The number of carbonyl (C=O) groups excluding carboxylic acids is 1. The van der Waals surface area contributed by atoms with Crippen LogP contribution >= 0.6 is 12.2 Å². The molecule has 1 saturated heterocycles.